The van der Waals surface area contributed by atoms with Gasteiger partial charge in [0.2, 0.25) is 0 Å². The van der Waals surface area contributed by atoms with Crippen LogP contribution >= 0.6 is 0 Å². The van der Waals surface area contributed by atoms with Gasteiger partial charge in [-0.05, 0) is 90.3 Å². The summed E-state index contributed by atoms with van der Waals surface area (Å²) in [5.74, 6) is 0. The second-order valence-electron chi connectivity index (χ2n) is 11.4. The molecule has 0 aliphatic rings. The minimum absolute atomic E-state index is 0.0344. The molecule has 44 heavy (non-hydrogen) atoms. The molecule has 3 heteroatoms. The summed E-state index contributed by atoms with van der Waals surface area (Å²) < 4.78 is 2.20. The third kappa shape index (κ3) is 4.01. The van der Waals surface area contributed by atoms with Crippen LogP contribution in [0, 0.1) is 13.8 Å². The van der Waals surface area contributed by atoms with Crippen LogP contribution in [0.4, 0.5) is 17.1 Å². The fourth-order valence-electron chi connectivity index (χ4n) is 6.70. The number of hydrogen-bond acceptors (Lipinski definition) is 2. The molecule has 0 saturated carbocycles. The van der Waals surface area contributed by atoms with Crippen LogP contribution in [-0.2, 0) is 0 Å². The van der Waals surface area contributed by atoms with Gasteiger partial charge in [0.05, 0.1) is 22.4 Å². The Morgan fingerprint density at radius 2 is 0.955 bits per heavy atom. The molecule has 1 heterocycles. The van der Waals surface area contributed by atoms with E-state index in [-0.39, 0.29) is 5.43 Å². The molecule has 8 aromatic rings. The first kappa shape index (κ1) is 26.0. The molecule has 0 aliphatic carbocycles. The maximum atomic E-state index is 14.2. The predicted octanol–water partition coefficient (Wildman–Crippen LogP) is 10.5. The Morgan fingerprint density at radius 3 is 1.57 bits per heavy atom. The molecule has 0 spiro atoms. The van der Waals surface area contributed by atoms with Crippen molar-refractivity contribution >= 4 is 60.4 Å². The fraction of sp³-hybridized carbons (Fsp3) is 0.0488. The molecule has 0 saturated heterocycles. The molecule has 3 nitrogen and oxygen atoms in total. The van der Waals surface area contributed by atoms with Crippen LogP contribution in [0.1, 0.15) is 11.1 Å². The maximum absolute atomic E-state index is 14.2. The molecule has 0 unspecified atom stereocenters. The highest BCUT2D eigenvalue weighted by Crippen LogP contribution is 2.43. The topological polar surface area (TPSA) is 25.2 Å². The molecular formula is C41H30N2O. The number of para-hydroxylation sites is 2. The summed E-state index contributed by atoms with van der Waals surface area (Å²) in [6.45, 7) is 4.32. The lowest BCUT2D eigenvalue weighted by molar-refractivity contribution is 1.16. The summed E-state index contributed by atoms with van der Waals surface area (Å²) in [5, 5.41) is 6.14. The first-order chi connectivity index (χ1) is 21.6. The van der Waals surface area contributed by atoms with E-state index in [9.17, 15) is 4.79 Å². The van der Waals surface area contributed by atoms with Crippen molar-refractivity contribution in [2.24, 2.45) is 0 Å². The van der Waals surface area contributed by atoms with E-state index in [0.29, 0.717) is 10.8 Å². The SMILES string of the molecule is Cc1ccc(N(c2ccc3c(c2)c(=O)c2ccccc2n3-c2ccccc2)c2ccc(C)c3ccccc23)c2ccccc12. The highest BCUT2D eigenvalue weighted by atomic mass is 16.1. The number of hydrogen-bond donors (Lipinski definition) is 0. The smallest absolute Gasteiger partial charge is 0.197 e. The van der Waals surface area contributed by atoms with Crippen molar-refractivity contribution in [2.45, 2.75) is 13.8 Å². The molecule has 0 N–H and O–H groups in total. The zero-order chi connectivity index (χ0) is 29.8. The van der Waals surface area contributed by atoms with Gasteiger partial charge in [0, 0.05) is 32.9 Å². The average molecular weight is 567 g/mol. The molecule has 7 aromatic carbocycles. The number of benzene rings is 7. The van der Waals surface area contributed by atoms with E-state index in [4.69, 9.17) is 0 Å². The van der Waals surface area contributed by atoms with Crippen molar-refractivity contribution in [3.05, 3.63) is 167 Å². The number of aryl methyl sites for hydroxylation is 2. The number of fused-ring (bicyclic) bond motifs is 4. The van der Waals surface area contributed by atoms with Gasteiger partial charge in [-0.2, -0.15) is 0 Å². The van der Waals surface area contributed by atoms with Gasteiger partial charge in [-0.25, -0.2) is 0 Å². The van der Waals surface area contributed by atoms with Gasteiger partial charge < -0.3 is 9.47 Å². The molecule has 8 rings (SSSR count). The quantitative estimate of drug-likeness (QED) is 0.198. The van der Waals surface area contributed by atoms with Crippen molar-refractivity contribution in [3.8, 4) is 5.69 Å². The fourth-order valence-corrected chi connectivity index (χ4v) is 6.70. The second kappa shape index (κ2) is 10.3. The van der Waals surface area contributed by atoms with Gasteiger partial charge >= 0.3 is 0 Å². The van der Waals surface area contributed by atoms with E-state index < -0.39 is 0 Å². The Bertz CT molecular complexity index is 2350. The van der Waals surface area contributed by atoms with E-state index in [0.717, 1.165) is 44.6 Å². The van der Waals surface area contributed by atoms with Crippen LogP contribution in [-0.4, -0.2) is 4.57 Å². The molecule has 0 radical (unpaired) electrons. The Labute approximate surface area is 255 Å². The molecular weight excluding hydrogens is 536 g/mol. The van der Waals surface area contributed by atoms with Crippen LogP contribution in [0.15, 0.2) is 150 Å². The zero-order valence-corrected chi connectivity index (χ0v) is 24.7. The summed E-state index contributed by atoms with van der Waals surface area (Å²) >= 11 is 0. The minimum Gasteiger partial charge on any atom is -0.309 e. The lowest BCUT2D eigenvalue weighted by Gasteiger charge is -2.29. The Kier molecular flexibility index (Phi) is 6.06. The zero-order valence-electron chi connectivity index (χ0n) is 24.7. The van der Waals surface area contributed by atoms with Crippen molar-refractivity contribution in [1.82, 2.24) is 4.57 Å². The Morgan fingerprint density at radius 1 is 0.455 bits per heavy atom. The van der Waals surface area contributed by atoms with E-state index in [1.165, 1.54) is 21.9 Å². The monoisotopic (exact) mass is 566 g/mol. The van der Waals surface area contributed by atoms with E-state index in [1.807, 2.05) is 42.5 Å². The van der Waals surface area contributed by atoms with Crippen molar-refractivity contribution in [2.75, 3.05) is 4.90 Å². The average Bonchev–Trinajstić information content (AvgIpc) is 3.08. The molecule has 1 aromatic heterocycles. The summed E-state index contributed by atoms with van der Waals surface area (Å²) in [6, 6.07) is 50.4. The number of pyridine rings is 1. The third-order valence-electron chi connectivity index (χ3n) is 8.85. The van der Waals surface area contributed by atoms with Crippen LogP contribution in [0.3, 0.4) is 0 Å². The van der Waals surface area contributed by atoms with Gasteiger partial charge in [-0.15, -0.1) is 0 Å². The number of nitrogens with zero attached hydrogens (tertiary/aromatic N) is 2. The summed E-state index contributed by atoms with van der Waals surface area (Å²) in [4.78, 5) is 16.5. The highest BCUT2D eigenvalue weighted by molar-refractivity contribution is 6.07. The van der Waals surface area contributed by atoms with Crippen LogP contribution in [0.25, 0.3) is 49.0 Å². The van der Waals surface area contributed by atoms with Gasteiger partial charge in [-0.3, -0.25) is 4.79 Å². The molecule has 210 valence electrons. The standard InChI is InChI=1S/C41H30N2O/c1-27-20-23-38(33-16-8-6-14-31(27)33)43(39-24-21-28(2)32-15-7-9-17-34(32)39)30-22-25-40-36(26-30)41(44)35-18-10-11-19-37(35)42(40)29-12-4-3-5-13-29/h3-26H,1-2H3. The lowest BCUT2D eigenvalue weighted by Crippen LogP contribution is -2.14. The second-order valence-corrected chi connectivity index (χ2v) is 11.4. The van der Waals surface area contributed by atoms with E-state index >= 15 is 0 Å². The van der Waals surface area contributed by atoms with Crippen LogP contribution < -0.4 is 10.3 Å². The summed E-state index contributed by atoms with van der Waals surface area (Å²) in [6.07, 6.45) is 0. The molecule has 0 bridgehead atoms. The summed E-state index contributed by atoms with van der Waals surface area (Å²) in [7, 11) is 0. The predicted molar refractivity (Wildman–Crippen MR) is 186 cm³/mol. The van der Waals surface area contributed by atoms with Crippen molar-refractivity contribution in [1.29, 1.82) is 0 Å². The van der Waals surface area contributed by atoms with E-state index in [1.54, 1.807) is 0 Å². The van der Waals surface area contributed by atoms with Gasteiger partial charge in [-0.1, -0.05) is 91.0 Å². The Hall–Kier alpha value is -5.67. The molecule has 0 atom stereocenters. The molecule has 0 amide bonds. The normalized spacial score (nSPS) is 11.5. The first-order valence-corrected chi connectivity index (χ1v) is 15.0. The molecule has 0 fully saturated rings. The number of rotatable bonds is 4. The summed E-state index contributed by atoms with van der Waals surface area (Å²) in [5.41, 5.74) is 8.38. The van der Waals surface area contributed by atoms with Gasteiger partial charge in [0.15, 0.2) is 5.43 Å². The van der Waals surface area contributed by atoms with Gasteiger partial charge in [0.25, 0.3) is 0 Å². The highest BCUT2D eigenvalue weighted by Gasteiger charge is 2.21. The van der Waals surface area contributed by atoms with E-state index in [2.05, 4.69) is 126 Å². The number of anilines is 3. The lowest BCUT2D eigenvalue weighted by atomic mass is 9.99. The van der Waals surface area contributed by atoms with Crippen molar-refractivity contribution in [3.63, 3.8) is 0 Å². The number of aromatic nitrogens is 1. The van der Waals surface area contributed by atoms with Crippen LogP contribution in [0.2, 0.25) is 0 Å². The van der Waals surface area contributed by atoms with Crippen LogP contribution in [0.5, 0.6) is 0 Å². The third-order valence-corrected chi connectivity index (χ3v) is 8.85. The Balaban J connectivity index is 1.48. The largest absolute Gasteiger partial charge is 0.309 e. The van der Waals surface area contributed by atoms with Gasteiger partial charge in [0.1, 0.15) is 0 Å². The molecule has 0 aliphatic heterocycles. The van der Waals surface area contributed by atoms with Crippen molar-refractivity contribution < 1.29 is 0 Å². The first-order valence-electron chi connectivity index (χ1n) is 15.0. The maximum Gasteiger partial charge on any atom is 0.197 e. The minimum atomic E-state index is 0.0344.